The number of nitrogens with zero attached hydrogens (tertiary/aromatic N) is 2. The van der Waals surface area contributed by atoms with Crippen LogP contribution in [0.25, 0.3) is 0 Å². The van der Waals surface area contributed by atoms with Crippen LogP contribution in [0.1, 0.15) is 91.4 Å². The van der Waals surface area contributed by atoms with Crippen LogP contribution in [0.15, 0.2) is 33.8 Å². The molecule has 0 saturated heterocycles. The van der Waals surface area contributed by atoms with Gasteiger partial charge in [0.05, 0.1) is 44.1 Å². The molecule has 39 heteroatoms. The Morgan fingerprint density at radius 2 is 1.22 bits per heavy atom. The molecular formula is C52H81N13O26. The van der Waals surface area contributed by atoms with Crippen LogP contribution in [0.3, 0.4) is 0 Å². The normalized spacial score (nSPS) is 20.1. The highest BCUT2D eigenvalue weighted by Crippen LogP contribution is 2.31. The first-order chi connectivity index (χ1) is 42.9. The number of hydrogen-bond acceptors (Lipinski definition) is 25. The number of alkyl carbamates (subject to hydrolysis) is 2. The van der Waals surface area contributed by atoms with Gasteiger partial charge in [0.2, 0.25) is 29.4 Å². The first kappa shape index (κ1) is 77.6. The Morgan fingerprint density at radius 3 is 1.76 bits per heavy atom. The summed E-state index contributed by atoms with van der Waals surface area (Å²) in [6.45, 7) is 2.10. The molecule has 2 aliphatic rings. The third-order valence-corrected chi connectivity index (χ3v) is 13.4. The number of carboxylic acid groups (broad SMARTS) is 4. The van der Waals surface area contributed by atoms with Gasteiger partial charge in [-0.3, -0.25) is 53.8 Å². The van der Waals surface area contributed by atoms with E-state index in [0.29, 0.717) is 32.1 Å². The standard InChI is InChI=1S/C52H81N13O26/c1-4-5-8-11-57-44(65-52(86)91-41(31(71)20-66)40-23(2)26(63-49(53)54)16-33(88-40)47(81)82)30(70)14-25(15-34(73)61-29(18-36(76)77)46(80)62-28(17-35(74)75)39(78)48(83)84)45(79)58-12-9-6-7-10-13-59-51(85)90-42(32(72)21-67)43-38(60-24(3)69)27(64-50(55)56)19-37(89-43)87-22-68/h16,19,22-23,25-29,31-32,38,40-44,57,66-67,71-72H,4-15,17-18,20-21H2,1-3H3,(H,58,79)(H,59,85)(H,60,69)(H,61,73)(H,62,80)(H,65,86)(H,74,75)(H,76,77)(H,81,82)(H,83,84)(H4,53,54,63)(H4,55,56,64)/t23-,25?,26+,27+,28-,29-,31?,32?,38-,40?,41?,42?,43?,44?/m1/s1. The van der Waals surface area contributed by atoms with Crippen LogP contribution in [-0.4, -0.2) is 236 Å². The molecule has 2 rings (SSSR count). The van der Waals surface area contributed by atoms with Gasteiger partial charge in [0, 0.05) is 44.8 Å². The number of aliphatic hydroxyl groups excluding tert-OH is 4. The van der Waals surface area contributed by atoms with Crippen LogP contribution in [-0.2, 0) is 76.4 Å². The van der Waals surface area contributed by atoms with Crippen molar-refractivity contribution in [3.8, 4) is 0 Å². The molecule has 0 radical (unpaired) electrons. The van der Waals surface area contributed by atoms with Crippen molar-refractivity contribution in [2.75, 3.05) is 32.8 Å². The molecule has 91 heavy (non-hydrogen) atoms. The largest absolute Gasteiger partial charge is 0.481 e. The van der Waals surface area contributed by atoms with E-state index in [0.717, 1.165) is 19.1 Å². The van der Waals surface area contributed by atoms with Crippen molar-refractivity contribution >= 4 is 89.7 Å². The maximum Gasteiger partial charge on any atom is 0.409 e. The summed E-state index contributed by atoms with van der Waals surface area (Å²) in [5, 5.41) is 95.7. The molecule has 0 bridgehead atoms. The second-order valence-corrected chi connectivity index (χ2v) is 20.6. The van der Waals surface area contributed by atoms with E-state index in [9.17, 15) is 103 Å². The van der Waals surface area contributed by atoms with Crippen LogP contribution in [0.2, 0.25) is 0 Å². The molecule has 8 unspecified atom stereocenters. The van der Waals surface area contributed by atoms with E-state index >= 15 is 0 Å². The number of ketones is 2. The zero-order valence-corrected chi connectivity index (χ0v) is 49.8. The van der Waals surface area contributed by atoms with Gasteiger partial charge in [-0.1, -0.05) is 39.5 Å². The van der Waals surface area contributed by atoms with E-state index in [1.54, 1.807) is 5.32 Å². The van der Waals surface area contributed by atoms with Gasteiger partial charge < -0.3 is 114 Å². The highest BCUT2D eigenvalue weighted by Gasteiger charge is 2.47. The molecule has 2 heterocycles. The highest BCUT2D eigenvalue weighted by molar-refractivity contribution is 6.35. The van der Waals surface area contributed by atoms with Crippen molar-refractivity contribution in [2.24, 2.45) is 44.8 Å². The summed E-state index contributed by atoms with van der Waals surface area (Å²) in [6.07, 6.45) is -14.6. The molecule has 0 aromatic carbocycles. The molecule has 0 saturated carbocycles. The average molecular weight is 1300 g/mol. The van der Waals surface area contributed by atoms with Gasteiger partial charge in [0.15, 0.2) is 36.0 Å². The van der Waals surface area contributed by atoms with Gasteiger partial charge in [-0.25, -0.2) is 29.2 Å². The molecule has 0 aromatic heterocycles. The van der Waals surface area contributed by atoms with Crippen molar-refractivity contribution in [1.82, 2.24) is 37.2 Å². The molecule has 2 aliphatic heterocycles. The van der Waals surface area contributed by atoms with Crippen molar-refractivity contribution in [3.63, 3.8) is 0 Å². The predicted molar refractivity (Wildman–Crippen MR) is 306 cm³/mol. The first-order valence-electron chi connectivity index (χ1n) is 28.3. The summed E-state index contributed by atoms with van der Waals surface area (Å²) in [5.41, 5.74) is 22.2. The fourth-order valence-corrected chi connectivity index (χ4v) is 9.05. The SMILES string of the molecule is CCCCCNC(NC(=O)OC(C(O)CO)C1OC(C(=O)O)=C[C@H](N=C(N)N)[C@H]1C)C(=O)CC(CC(=O)N[C@H](CC(=O)O)C(=O)N[C@H](CC(=O)O)C(=O)C(=O)O)C(=O)NCCCCCCNC(=O)OC(C(O)CO)C1OC(OC=O)=C[C@H](N=C(N)N)[C@H]1NC(C)=O. The van der Waals surface area contributed by atoms with Crippen molar-refractivity contribution < 1.29 is 127 Å². The van der Waals surface area contributed by atoms with E-state index in [2.05, 4.69) is 36.6 Å². The minimum Gasteiger partial charge on any atom is -0.481 e. The molecule has 0 aromatic rings. The zero-order valence-electron chi connectivity index (χ0n) is 49.8. The number of aliphatic hydroxyl groups is 4. The zero-order chi connectivity index (χ0) is 68.7. The number of rotatable bonds is 42. The summed E-state index contributed by atoms with van der Waals surface area (Å²) in [6, 6.07) is -8.00. The lowest BCUT2D eigenvalue weighted by atomic mass is 9.87. The summed E-state index contributed by atoms with van der Waals surface area (Å²) >= 11 is 0. The minimum atomic E-state index is -2.24. The van der Waals surface area contributed by atoms with Crippen LogP contribution in [0.4, 0.5) is 9.59 Å². The lowest BCUT2D eigenvalue weighted by Crippen LogP contribution is -2.61. The van der Waals surface area contributed by atoms with Crippen LogP contribution in [0, 0.1) is 11.8 Å². The number of carboxylic acids is 4. The maximum atomic E-state index is 14.3. The van der Waals surface area contributed by atoms with E-state index in [1.165, 1.54) is 6.92 Å². The number of nitrogens with one attached hydrogen (secondary N) is 7. The van der Waals surface area contributed by atoms with Crippen molar-refractivity contribution in [2.45, 2.75) is 164 Å². The number of guanidine groups is 2. The van der Waals surface area contributed by atoms with Crippen LogP contribution < -0.4 is 60.2 Å². The number of carbonyl (C=O) groups excluding carboxylic acids is 9. The molecule has 0 spiro atoms. The molecule has 0 fully saturated rings. The molecule has 6 amide bonds. The number of carbonyl (C=O) groups is 13. The lowest BCUT2D eigenvalue weighted by Gasteiger charge is -2.39. The molecule has 0 aliphatic carbocycles. The number of amides is 6. The first-order valence-corrected chi connectivity index (χ1v) is 28.3. The fraction of sp³-hybridized carbons (Fsp3) is 0.635. The average Bonchev–Trinajstić information content (AvgIpc) is 1.10. The van der Waals surface area contributed by atoms with Crippen LogP contribution in [0.5, 0.6) is 0 Å². The molecule has 14 atom stereocenters. The Bertz CT molecular complexity index is 2690. The number of unbranched alkanes of at least 4 members (excludes halogenated alkanes) is 5. The quantitative estimate of drug-likeness (QED) is 0.00514. The predicted octanol–water partition coefficient (Wildman–Crippen LogP) is -6.59. The number of Topliss-reactive ketones (excluding diaryl/α,β-unsaturated/α-hetero) is 2. The van der Waals surface area contributed by atoms with E-state index < -0.39 is 219 Å². The molecular weight excluding hydrogens is 1220 g/mol. The fourth-order valence-electron chi connectivity index (χ4n) is 9.05. The highest BCUT2D eigenvalue weighted by atomic mass is 16.7. The second-order valence-electron chi connectivity index (χ2n) is 20.6. The number of ether oxygens (including phenoxy) is 5. The van der Waals surface area contributed by atoms with Gasteiger partial charge >= 0.3 is 42.5 Å². The Kier molecular flexibility index (Phi) is 33.7. The monoisotopic (exact) mass is 1300 g/mol. The summed E-state index contributed by atoms with van der Waals surface area (Å²) < 4.78 is 26.9. The smallest absolute Gasteiger partial charge is 0.409 e. The minimum absolute atomic E-state index is 0.0133. The Labute approximate surface area is 518 Å². The van der Waals surface area contributed by atoms with Gasteiger partial charge in [0.1, 0.15) is 42.6 Å². The van der Waals surface area contributed by atoms with Crippen LogP contribution >= 0.6 is 0 Å². The van der Waals surface area contributed by atoms with E-state index in [1.807, 2.05) is 12.2 Å². The second kappa shape index (κ2) is 39.5. The third-order valence-electron chi connectivity index (χ3n) is 13.4. The van der Waals surface area contributed by atoms with Gasteiger partial charge in [-0.15, -0.1) is 0 Å². The van der Waals surface area contributed by atoms with Gasteiger partial charge in [-0.2, -0.15) is 0 Å². The Morgan fingerprint density at radius 1 is 0.659 bits per heavy atom. The molecule has 39 nitrogen and oxygen atoms in total. The van der Waals surface area contributed by atoms with Crippen molar-refractivity contribution in [3.05, 3.63) is 23.9 Å². The lowest BCUT2D eigenvalue weighted by molar-refractivity contribution is -0.152. The summed E-state index contributed by atoms with van der Waals surface area (Å²) in [7, 11) is 0. The third kappa shape index (κ3) is 27.4. The number of aliphatic imine (C=N–C) groups is 2. The maximum absolute atomic E-state index is 14.3. The molecule has 23 N–H and O–H groups in total. The van der Waals surface area contributed by atoms with E-state index in [4.69, 9.17) is 46.6 Å². The Hall–Kier alpha value is -9.47. The summed E-state index contributed by atoms with van der Waals surface area (Å²) in [5.74, 6) is -19.5. The topological polar surface area (TPSA) is 643 Å². The summed E-state index contributed by atoms with van der Waals surface area (Å²) in [4.78, 5) is 173. The Balaban J connectivity index is 2.40. The number of aliphatic carboxylic acids is 4. The number of nitrogens with two attached hydrogens (primary N) is 4. The molecule has 510 valence electrons. The van der Waals surface area contributed by atoms with Gasteiger partial charge in [0.25, 0.3) is 11.7 Å². The van der Waals surface area contributed by atoms with Gasteiger partial charge in [-0.05, 0) is 31.9 Å². The number of hydrogen-bond donors (Lipinski definition) is 19. The van der Waals surface area contributed by atoms with Crippen molar-refractivity contribution in [1.29, 1.82) is 0 Å². The van der Waals surface area contributed by atoms with E-state index in [-0.39, 0.29) is 38.9 Å².